The Kier molecular flexibility index (Phi) is 16.9. The predicted molar refractivity (Wildman–Crippen MR) is 176 cm³/mol. The van der Waals surface area contributed by atoms with Crippen LogP contribution in [0.2, 0.25) is 0 Å². The lowest BCUT2D eigenvalue weighted by Crippen LogP contribution is -2.62. The van der Waals surface area contributed by atoms with Crippen molar-refractivity contribution in [2.75, 3.05) is 26.7 Å². The van der Waals surface area contributed by atoms with Crippen LogP contribution < -0.4 is 11.1 Å². The highest BCUT2D eigenvalue weighted by molar-refractivity contribution is 5.95. The van der Waals surface area contributed by atoms with E-state index in [0.717, 1.165) is 12.8 Å². The molecule has 9 heteroatoms. The topological polar surface area (TPSA) is 111 Å². The maximum Gasteiger partial charge on any atom is 0.462 e. The Bertz CT molecular complexity index is 994. The average Bonchev–Trinajstić information content (AvgIpc) is 2.98. The number of rotatable bonds is 21. The van der Waals surface area contributed by atoms with Gasteiger partial charge in [0, 0.05) is 26.9 Å². The molecule has 0 radical (unpaired) electrons. The quantitative estimate of drug-likeness (QED) is 0.0786. The molecule has 0 aliphatic carbocycles. The molecule has 3 N–H and O–H groups in total. The van der Waals surface area contributed by atoms with Crippen LogP contribution in [0.5, 0.6) is 0 Å². The van der Waals surface area contributed by atoms with Crippen molar-refractivity contribution >= 4 is 18.0 Å². The Morgan fingerprint density at radius 2 is 1.39 bits per heavy atom. The first kappa shape index (κ1) is 37.6. The number of amides is 2. The van der Waals surface area contributed by atoms with Gasteiger partial charge in [0.25, 0.3) is 0 Å². The summed E-state index contributed by atoms with van der Waals surface area (Å²) < 4.78 is 4.93. The number of carbonyl (C=O) groups is 3. The highest BCUT2D eigenvalue weighted by Gasteiger charge is 2.53. The second-order valence-corrected chi connectivity index (χ2v) is 12.7. The molecule has 44 heavy (non-hydrogen) atoms. The minimum atomic E-state index is -0.541. The van der Waals surface area contributed by atoms with Crippen LogP contribution in [0, 0.1) is 0 Å². The van der Waals surface area contributed by atoms with E-state index in [1.165, 1.54) is 104 Å². The van der Waals surface area contributed by atoms with Gasteiger partial charge in [-0.15, -0.1) is 0 Å². The van der Waals surface area contributed by atoms with E-state index in [9.17, 15) is 14.4 Å². The second-order valence-electron chi connectivity index (χ2n) is 12.7. The highest BCUT2D eigenvalue weighted by Crippen LogP contribution is 2.42. The monoisotopic (exact) mass is 619 g/mol. The number of hydrogen-bond donors (Lipinski definition) is 2. The molecule has 0 aromatic heterocycles. The van der Waals surface area contributed by atoms with Gasteiger partial charge in [-0.3, -0.25) is 4.79 Å². The molecule has 0 bridgehead atoms. The molecule has 9 nitrogen and oxygen atoms in total. The summed E-state index contributed by atoms with van der Waals surface area (Å²) in [6.45, 7) is 11.0. The first-order valence-corrected chi connectivity index (χ1v) is 17.6. The third kappa shape index (κ3) is 10.2. The van der Waals surface area contributed by atoms with E-state index in [2.05, 4.69) is 12.2 Å². The number of allylic oxidation sites excluding steroid dienone is 1. The molecule has 0 saturated carbocycles. The number of nitrogens with one attached hydrogen (secondary N) is 1. The number of hydroxylamine groups is 3. The van der Waals surface area contributed by atoms with E-state index >= 15 is 0 Å². The van der Waals surface area contributed by atoms with Crippen LogP contribution in [0.15, 0.2) is 22.5 Å². The fourth-order valence-corrected chi connectivity index (χ4v) is 6.83. The van der Waals surface area contributed by atoms with E-state index in [-0.39, 0.29) is 22.2 Å². The van der Waals surface area contributed by atoms with Crippen LogP contribution in [0.25, 0.3) is 0 Å². The molecule has 3 atom stereocenters. The smallest absolute Gasteiger partial charge is 0.462 e. The zero-order valence-electron chi connectivity index (χ0n) is 28.8. The van der Waals surface area contributed by atoms with Crippen molar-refractivity contribution in [1.29, 1.82) is 0 Å². The van der Waals surface area contributed by atoms with Crippen molar-refractivity contribution in [2.24, 2.45) is 5.73 Å². The minimum Gasteiger partial charge on any atom is -0.465 e. The van der Waals surface area contributed by atoms with Crippen LogP contribution in [0.4, 0.5) is 4.79 Å². The van der Waals surface area contributed by atoms with Crippen molar-refractivity contribution in [3.63, 3.8) is 0 Å². The Balaban J connectivity index is 1.77. The van der Waals surface area contributed by atoms with Crippen LogP contribution in [-0.2, 0) is 19.2 Å². The number of likely N-dealkylation sites (N-methyl/N-ethyl adjacent to an activating group) is 1. The Morgan fingerprint density at radius 3 is 1.80 bits per heavy atom. The van der Waals surface area contributed by atoms with E-state index in [4.69, 9.17) is 15.3 Å². The molecular formula is C35H63N4O5+. The predicted octanol–water partition coefficient (Wildman–Crippen LogP) is 7.41. The molecule has 2 amide bonds. The number of nitrogens with zero attached hydrogens (tertiary/aromatic N) is 2. The van der Waals surface area contributed by atoms with Crippen molar-refractivity contribution in [3.05, 3.63) is 22.5 Å². The lowest BCUT2D eigenvalue weighted by molar-refractivity contribution is -1.07. The molecule has 0 aromatic carbocycles. The zero-order valence-corrected chi connectivity index (χ0v) is 28.8. The number of hydrogen-bond acceptors (Lipinski definition) is 6. The normalized spacial score (nSPS) is 21.7. The molecule has 0 spiro atoms. The van der Waals surface area contributed by atoms with Gasteiger partial charge in [-0.2, -0.15) is 0 Å². The SMILES string of the molecule is CCCCCCCCCCCCCCCCCCNC(=O)O[N+]1(CC)C(C)=C(C2CCN2C(C)=O)C(C(=O)OC)=C(N)C1C. The number of quaternary nitrogens is 1. The van der Waals surface area contributed by atoms with Crippen molar-refractivity contribution in [3.8, 4) is 0 Å². The first-order valence-electron chi connectivity index (χ1n) is 17.6. The van der Waals surface area contributed by atoms with E-state index in [1.807, 2.05) is 20.8 Å². The van der Waals surface area contributed by atoms with Crippen molar-refractivity contribution in [1.82, 2.24) is 10.2 Å². The average molecular weight is 620 g/mol. The molecule has 252 valence electrons. The Labute approximate surface area is 267 Å². The van der Waals surface area contributed by atoms with Gasteiger partial charge in [-0.05, 0) is 26.7 Å². The van der Waals surface area contributed by atoms with Crippen molar-refractivity contribution in [2.45, 2.75) is 156 Å². The number of nitrogens with two attached hydrogens (primary N) is 1. The van der Waals surface area contributed by atoms with E-state index < -0.39 is 18.1 Å². The van der Waals surface area contributed by atoms with Gasteiger partial charge >= 0.3 is 12.1 Å². The van der Waals surface area contributed by atoms with Gasteiger partial charge < -0.3 is 20.7 Å². The summed E-state index contributed by atoms with van der Waals surface area (Å²) in [4.78, 5) is 46.0. The zero-order chi connectivity index (χ0) is 32.5. The summed E-state index contributed by atoms with van der Waals surface area (Å²) in [7, 11) is 1.32. The number of carbonyl (C=O) groups excluding carboxylic acids is 3. The van der Waals surface area contributed by atoms with E-state index in [0.29, 0.717) is 43.0 Å². The van der Waals surface area contributed by atoms with E-state index in [1.54, 1.807) is 4.90 Å². The third-order valence-electron chi connectivity index (χ3n) is 9.75. The fraction of sp³-hybridized carbons (Fsp3) is 0.800. The van der Waals surface area contributed by atoms with Gasteiger partial charge in [0.1, 0.15) is 6.54 Å². The molecule has 2 rings (SSSR count). The Morgan fingerprint density at radius 1 is 0.886 bits per heavy atom. The largest absolute Gasteiger partial charge is 0.465 e. The standard InChI is InChI=1S/C35H62N4O5/c1-7-9-10-11-12-13-14-15-16-17-18-19-20-21-22-23-25-37-35(42)44-39(8-2)27(3)31(30-24-26-38(30)29(5)40)32(34(41)43-6)33(36)28(39)4/h28,30H,7-26H2,1-6H3,(H2-,36,37,41,42)/p+1. The van der Waals surface area contributed by atoms with Crippen molar-refractivity contribution < 1.29 is 28.6 Å². The van der Waals surface area contributed by atoms with Crippen LogP contribution in [-0.4, -0.2) is 66.3 Å². The van der Waals surface area contributed by atoms with Gasteiger partial charge in [-0.1, -0.05) is 108 Å². The number of ether oxygens (including phenoxy) is 1. The number of likely N-dealkylation sites (tertiary alicyclic amines) is 1. The number of unbranched alkanes of at least 4 members (excludes halogenated alkanes) is 15. The van der Waals surface area contributed by atoms with Gasteiger partial charge in [-0.25, -0.2) is 14.4 Å². The molecule has 2 heterocycles. The van der Waals surface area contributed by atoms with Gasteiger partial charge in [0.05, 0.1) is 30.0 Å². The third-order valence-corrected chi connectivity index (χ3v) is 9.75. The summed E-state index contributed by atoms with van der Waals surface area (Å²) in [5.41, 5.74) is 8.49. The van der Waals surface area contributed by atoms with Crippen LogP contribution in [0.3, 0.4) is 0 Å². The van der Waals surface area contributed by atoms with Crippen LogP contribution in [0.1, 0.15) is 144 Å². The lowest BCUT2D eigenvalue weighted by atomic mass is 9.82. The minimum absolute atomic E-state index is 0.0741. The molecular weight excluding hydrogens is 556 g/mol. The number of methoxy groups -OCH3 is 1. The van der Waals surface area contributed by atoms with Gasteiger partial charge in [0.15, 0.2) is 11.7 Å². The Hall–Kier alpha value is -2.55. The molecule has 2 aliphatic rings. The maximum atomic E-state index is 13.1. The highest BCUT2D eigenvalue weighted by atomic mass is 16.8. The molecule has 1 saturated heterocycles. The molecule has 2 aliphatic heterocycles. The molecule has 0 aromatic rings. The maximum absolute atomic E-state index is 13.1. The second kappa shape index (κ2) is 19.8. The molecule has 1 fully saturated rings. The first-order chi connectivity index (χ1) is 21.2. The fourth-order valence-electron chi connectivity index (χ4n) is 6.83. The summed E-state index contributed by atoms with van der Waals surface area (Å²) >= 11 is 0. The summed E-state index contributed by atoms with van der Waals surface area (Å²) in [5, 5.41) is 2.93. The number of esters is 1. The summed E-state index contributed by atoms with van der Waals surface area (Å²) in [5.74, 6) is -0.615. The summed E-state index contributed by atoms with van der Waals surface area (Å²) in [6, 6.07) is -0.807. The molecule has 3 unspecified atom stereocenters. The van der Waals surface area contributed by atoms with Crippen LogP contribution >= 0.6 is 0 Å². The van der Waals surface area contributed by atoms with Gasteiger partial charge in [0.2, 0.25) is 5.91 Å². The summed E-state index contributed by atoms with van der Waals surface area (Å²) in [6.07, 6.45) is 21.1. The lowest BCUT2D eigenvalue weighted by Gasteiger charge is -2.48.